The summed E-state index contributed by atoms with van der Waals surface area (Å²) in [6.45, 7) is 0. The number of hydrogen-bond acceptors (Lipinski definition) is 5. The van der Waals surface area contributed by atoms with Crippen molar-refractivity contribution in [2.45, 2.75) is 0 Å². The maximum absolute atomic E-state index is 4.70. The van der Waals surface area contributed by atoms with E-state index < -0.39 is 0 Å². The lowest BCUT2D eigenvalue weighted by atomic mass is 10.8. The van der Waals surface area contributed by atoms with E-state index in [4.69, 9.17) is 12.2 Å². The summed E-state index contributed by atoms with van der Waals surface area (Å²) in [5, 5.41) is 3.59. The quantitative estimate of drug-likeness (QED) is 0.522. The highest BCUT2D eigenvalue weighted by Gasteiger charge is 1.96. The third kappa shape index (κ3) is 3.84. The first-order valence-electron chi connectivity index (χ1n) is 3.00. The van der Waals surface area contributed by atoms with Gasteiger partial charge >= 0.3 is 0 Å². The molecule has 64 valence electrons. The Morgan fingerprint density at radius 3 is 2.67 bits per heavy atom. The van der Waals surface area contributed by atoms with E-state index in [0.717, 1.165) is 10.7 Å². The average molecular weight is 218 g/mol. The van der Waals surface area contributed by atoms with Crippen molar-refractivity contribution in [2.24, 2.45) is 4.99 Å². The number of thioether (sulfide) groups is 1. The Morgan fingerprint density at radius 1 is 1.67 bits per heavy atom. The lowest BCUT2D eigenvalue weighted by Crippen LogP contribution is -1.81. The van der Waals surface area contributed by atoms with Gasteiger partial charge in [0, 0.05) is 0 Å². The van der Waals surface area contributed by atoms with Crippen LogP contribution in [0.1, 0.15) is 0 Å². The molecule has 0 N–H and O–H groups in total. The van der Waals surface area contributed by atoms with Gasteiger partial charge in [0.15, 0.2) is 0 Å². The Bertz CT molecular complexity index is 268. The van der Waals surface area contributed by atoms with Crippen molar-refractivity contribution in [3.63, 3.8) is 0 Å². The van der Waals surface area contributed by atoms with Gasteiger partial charge in [-0.3, -0.25) is 0 Å². The van der Waals surface area contributed by atoms with Crippen molar-refractivity contribution in [3.8, 4) is 0 Å². The minimum Gasteiger partial charge on any atom is -0.242 e. The largest absolute Gasteiger partial charge is 0.242 e. The first-order valence-corrected chi connectivity index (χ1v) is 4.85. The van der Waals surface area contributed by atoms with Crippen LogP contribution in [-0.4, -0.2) is 30.5 Å². The fourth-order valence-corrected chi connectivity index (χ4v) is 1.37. The molecule has 0 bridgehead atoms. The highest BCUT2D eigenvalue weighted by atomic mass is 32.2. The molecule has 0 fully saturated rings. The Labute approximate surface area is 85.0 Å². The van der Waals surface area contributed by atoms with E-state index in [0.29, 0.717) is 0 Å². The molecule has 0 aromatic carbocycles. The SMILES string of the molecule is S=C1CSC=N1.Sn1cncn1. The van der Waals surface area contributed by atoms with Crippen molar-refractivity contribution >= 4 is 47.3 Å². The van der Waals surface area contributed by atoms with Gasteiger partial charge in [-0.15, -0.1) is 16.9 Å². The topological polar surface area (TPSA) is 43.1 Å². The van der Waals surface area contributed by atoms with Crippen LogP contribution in [0.15, 0.2) is 17.6 Å². The molecule has 4 nitrogen and oxygen atoms in total. The van der Waals surface area contributed by atoms with E-state index >= 15 is 0 Å². The number of aliphatic imine (C=N–C) groups is 1. The van der Waals surface area contributed by atoms with Crippen LogP contribution in [0.5, 0.6) is 0 Å². The predicted molar refractivity (Wildman–Crippen MR) is 58.0 cm³/mol. The Hall–Kier alpha value is -0.400. The van der Waals surface area contributed by atoms with Crippen molar-refractivity contribution in [3.05, 3.63) is 12.7 Å². The summed E-state index contributed by atoms with van der Waals surface area (Å²) >= 11 is 10.1. The summed E-state index contributed by atoms with van der Waals surface area (Å²) in [5.74, 6) is 0.912. The van der Waals surface area contributed by atoms with E-state index in [1.165, 1.54) is 16.7 Å². The molecule has 0 spiro atoms. The van der Waals surface area contributed by atoms with Gasteiger partial charge in [0.2, 0.25) is 0 Å². The van der Waals surface area contributed by atoms with Crippen LogP contribution in [-0.2, 0) is 0 Å². The molecule has 2 heterocycles. The van der Waals surface area contributed by atoms with Gasteiger partial charge in [-0.25, -0.2) is 9.98 Å². The van der Waals surface area contributed by atoms with Crippen molar-refractivity contribution < 1.29 is 0 Å². The van der Waals surface area contributed by atoms with E-state index in [1.807, 2.05) is 0 Å². The second-order valence-electron chi connectivity index (χ2n) is 1.76. The molecule has 0 saturated heterocycles. The lowest BCUT2D eigenvalue weighted by Gasteiger charge is -1.73. The molecule has 1 aliphatic heterocycles. The summed E-state index contributed by atoms with van der Waals surface area (Å²) in [5.41, 5.74) is 1.78. The van der Waals surface area contributed by atoms with Crippen LogP contribution in [0.4, 0.5) is 0 Å². The molecule has 1 aromatic rings. The van der Waals surface area contributed by atoms with E-state index in [1.54, 1.807) is 17.3 Å². The number of nitrogens with zero attached hydrogens (tertiary/aromatic N) is 4. The number of thiocarbonyl (C=S) groups is 1. The normalized spacial score (nSPS) is 14.2. The molecule has 0 amide bonds. The number of rotatable bonds is 0. The zero-order valence-electron chi connectivity index (χ0n) is 5.99. The summed E-state index contributed by atoms with van der Waals surface area (Å²) in [6, 6.07) is 0. The smallest absolute Gasteiger partial charge is 0.138 e. The molecule has 7 heteroatoms. The van der Waals surface area contributed by atoms with Gasteiger partial charge < -0.3 is 0 Å². The second kappa shape index (κ2) is 5.28. The van der Waals surface area contributed by atoms with Crippen molar-refractivity contribution in [1.29, 1.82) is 0 Å². The highest BCUT2D eigenvalue weighted by Crippen LogP contribution is 2.04. The molecule has 0 radical (unpaired) electrons. The maximum Gasteiger partial charge on any atom is 0.138 e. The van der Waals surface area contributed by atoms with Gasteiger partial charge in [-0.2, -0.15) is 4.09 Å². The fraction of sp³-hybridized carbons (Fsp3) is 0.200. The van der Waals surface area contributed by atoms with Crippen LogP contribution < -0.4 is 0 Å². The van der Waals surface area contributed by atoms with Crippen LogP contribution in [0.3, 0.4) is 0 Å². The highest BCUT2D eigenvalue weighted by molar-refractivity contribution is 8.13. The Morgan fingerprint density at radius 2 is 2.50 bits per heavy atom. The molecule has 0 saturated carbocycles. The van der Waals surface area contributed by atoms with Gasteiger partial charge in [0.25, 0.3) is 0 Å². The van der Waals surface area contributed by atoms with E-state index in [2.05, 4.69) is 27.9 Å². The van der Waals surface area contributed by atoms with Crippen molar-refractivity contribution in [2.75, 3.05) is 5.75 Å². The lowest BCUT2D eigenvalue weighted by molar-refractivity contribution is 1.02. The number of hydrogen-bond donors (Lipinski definition) is 1. The summed E-state index contributed by atoms with van der Waals surface area (Å²) in [6.07, 6.45) is 2.93. The average Bonchev–Trinajstić information content (AvgIpc) is 2.63. The standard InChI is InChI=1S/C3H3NS2.C2H3N3S/c5-3-1-6-2-4-3;6-5-2-3-1-4-5/h2H,1H2;1-2,6H. The van der Waals surface area contributed by atoms with Gasteiger partial charge in [-0.1, -0.05) is 12.2 Å². The molecule has 2 rings (SSSR count). The maximum atomic E-state index is 4.70. The summed E-state index contributed by atoms with van der Waals surface area (Å²) in [4.78, 5) is 8.22. The molecule has 1 aliphatic rings. The van der Waals surface area contributed by atoms with Crippen LogP contribution in [0.2, 0.25) is 0 Å². The second-order valence-corrected chi connectivity index (χ2v) is 3.47. The number of thiol groups is 1. The van der Waals surface area contributed by atoms with E-state index in [9.17, 15) is 0 Å². The zero-order valence-corrected chi connectivity index (χ0v) is 8.52. The van der Waals surface area contributed by atoms with Gasteiger partial charge in [-0.05, 0) is 12.8 Å². The Kier molecular flexibility index (Phi) is 4.26. The van der Waals surface area contributed by atoms with Crippen LogP contribution in [0, 0.1) is 0 Å². The fourth-order valence-electron chi connectivity index (χ4n) is 0.444. The van der Waals surface area contributed by atoms with Crippen LogP contribution in [0.25, 0.3) is 0 Å². The first kappa shape index (κ1) is 9.69. The summed E-state index contributed by atoms with van der Waals surface area (Å²) < 4.78 is 1.33. The molecule has 12 heavy (non-hydrogen) atoms. The van der Waals surface area contributed by atoms with Gasteiger partial charge in [0.1, 0.15) is 17.6 Å². The minimum absolute atomic E-state index is 0.819. The van der Waals surface area contributed by atoms with Crippen molar-refractivity contribution in [1.82, 2.24) is 14.2 Å². The molecular formula is C5H6N4S3. The predicted octanol–water partition coefficient (Wildman–Crippen LogP) is 1.06. The molecular weight excluding hydrogens is 212 g/mol. The van der Waals surface area contributed by atoms with E-state index in [-0.39, 0.29) is 0 Å². The molecule has 0 unspecified atom stereocenters. The first-order chi connectivity index (χ1) is 5.79. The Balaban J connectivity index is 0.000000120. The molecule has 1 aromatic heterocycles. The minimum atomic E-state index is 0.819. The third-order valence-corrected chi connectivity index (χ3v) is 2.22. The van der Waals surface area contributed by atoms with Crippen LogP contribution >= 0.6 is 36.8 Å². The monoisotopic (exact) mass is 218 g/mol. The molecule has 0 aliphatic carbocycles. The summed E-state index contributed by atoms with van der Waals surface area (Å²) in [7, 11) is 0. The molecule has 0 atom stereocenters. The third-order valence-electron chi connectivity index (χ3n) is 0.885. The zero-order chi connectivity index (χ0) is 8.81. The number of aromatic nitrogens is 3. The van der Waals surface area contributed by atoms with Gasteiger partial charge in [0.05, 0.1) is 11.3 Å².